The quantitative estimate of drug-likeness (QED) is 0.728. The first-order chi connectivity index (χ1) is 9.81. The fraction of sp³-hybridized carbons (Fsp3) is 0.316. The molecule has 0 bridgehead atoms. The number of hydrogen-bond donors (Lipinski definition) is 0. The third kappa shape index (κ3) is 2.29. The van der Waals surface area contributed by atoms with Gasteiger partial charge in [-0.2, -0.15) is 0 Å². The van der Waals surface area contributed by atoms with E-state index in [4.69, 9.17) is 0 Å². The first kappa shape index (κ1) is 13.1. The topological polar surface area (TPSA) is 17.1 Å². The third-order valence-electron chi connectivity index (χ3n) is 4.39. The maximum atomic E-state index is 12.9. The zero-order chi connectivity index (χ0) is 13.9. The molecule has 1 nitrogen and oxygen atoms in total. The summed E-state index contributed by atoms with van der Waals surface area (Å²) in [4.78, 5) is 12.9. The number of carbonyl (C=O) groups is 1. The van der Waals surface area contributed by atoms with Crippen LogP contribution in [0.3, 0.4) is 0 Å². The summed E-state index contributed by atoms with van der Waals surface area (Å²) in [7, 11) is 0. The van der Waals surface area contributed by atoms with Gasteiger partial charge in [0, 0.05) is 11.1 Å². The van der Waals surface area contributed by atoms with Crippen molar-refractivity contribution in [1.82, 2.24) is 0 Å². The van der Waals surface area contributed by atoms with Gasteiger partial charge in [-0.3, -0.25) is 4.79 Å². The highest BCUT2D eigenvalue weighted by Crippen LogP contribution is 2.38. The normalized spacial score (nSPS) is 14.8. The van der Waals surface area contributed by atoms with Gasteiger partial charge in [-0.1, -0.05) is 61.9 Å². The van der Waals surface area contributed by atoms with Crippen molar-refractivity contribution >= 4 is 5.78 Å². The number of hydrogen-bond acceptors (Lipinski definition) is 1. The molecular formula is C19H20O. The first-order valence-corrected chi connectivity index (χ1v) is 7.52. The molecule has 0 radical (unpaired) electrons. The van der Waals surface area contributed by atoms with Crippen molar-refractivity contribution in [2.24, 2.45) is 0 Å². The SMILES string of the molecule is CCc1ccccc1C(=O)c1ccccc1C1CCC1. The van der Waals surface area contributed by atoms with E-state index in [-0.39, 0.29) is 5.78 Å². The second kappa shape index (κ2) is 5.62. The van der Waals surface area contributed by atoms with Crippen molar-refractivity contribution in [2.45, 2.75) is 38.5 Å². The Hall–Kier alpha value is -1.89. The molecule has 2 aromatic rings. The van der Waals surface area contributed by atoms with Crippen molar-refractivity contribution in [3.63, 3.8) is 0 Å². The van der Waals surface area contributed by atoms with E-state index in [1.54, 1.807) is 0 Å². The highest BCUT2D eigenvalue weighted by Gasteiger charge is 2.25. The molecule has 102 valence electrons. The molecule has 0 aliphatic heterocycles. The van der Waals surface area contributed by atoms with E-state index in [0.29, 0.717) is 5.92 Å². The molecule has 20 heavy (non-hydrogen) atoms. The molecule has 2 aromatic carbocycles. The highest BCUT2D eigenvalue weighted by molar-refractivity contribution is 6.10. The Bertz CT molecular complexity index is 623. The molecule has 1 aliphatic rings. The van der Waals surface area contributed by atoms with Crippen molar-refractivity contribution in [1.29, 1.82) is 0 Å². The Balaban J connectivity index is 2.02. The van der Waals surface area contributed by atoms with Gasteiger partial charge in [0.25, 0.3) is 0 Å². The average molecular weight is 264 g/mol. The maximum Gasteiger partial charge on any atom is 0.193 e. The molecule has 3 rings (SSSR count). The summed E-state index contributed by atoms with van der Waals surface area (Å²) < 4.78 is 0. The number of ketones is 1. The Labute approximate surface area is 120 Å². The van der Waals surface area contributed by atoms with Crippen LogP contribution in [0.15, 0.2) is 48.5 Å². The zero-order valence-corrected chi connectivity index (χ0v) is 11.9. The van der Waals surface area contributed by atoms with Crippen LogP contribution < -0.4 is 0 Å². The molecule has 0 unspecified atom stereocenters. The van der Waals surface area contributed by atoms with Crippen LogP contribution in [0, 0.1) is 0 Å². The van der Waals surface area contributed by atoms with E-state index in [2.05, 4.69) is 25.1 Å². The summed E-state index contributed by atoms with van der Waals surface area (Å²) in [6.07, 6.45) is 4.63. The van der Waals surface area contributed by atoms with Gasteiger partial charge in [-0.05, 0) is 36.3 Å². The number of benzene rings is 2. The standard InChI is InChI=1S/C19H20O/c1-2-14-8-3-4-12-17(14)19(20)18-13-6-5-11-16(18)15-9-7-10-15/h3-6,8,11-13,15H,2,7,9-10H2,1H3. The number of aryl methyl sites for hydroxylation is 1. The molecule has 0 atom stereocenters. The Morgan fingerprint density at radius 1 is 1.00 bits per heavy atom. The molecule has 0 saturated heterocycles. The van der Waals surface area contributed by atoms with Crippen molar-refractivity contribution in [2.75, 3.05) is 0 Å². The van der Waals surface area contributed by atoms with E-state index in [1.165, 1.54) is 24.8 Å². The van der Waals surface area contributed by atoms with Crippen LogP contribution in [0.25, 0.3) is 0 Å². The summed E-state index contributed by atoms with van der Waals surface area (Å²) in [5, 5.41) is 0. The lowest BCUT2D eigenvalue weighted by Gasteiger charge is -2.27. The molecule has 1 saturated carbocycles. The van der Waals surface area contributed by atoms with Crippen molar-refractivity contribution < 1.29 is 4.79 Å². The fourth-order valence-electron chi connectivity index (χ4n) is 2.97. The van der Waals surface area contributed by atoms with Crippen LogP contribution in [0.2, 0.25) is 0 Å². The summed E-state index contributed by atoms with van der Waals surface area (Å²) >= 11 is 0. The molecule has 0 aromatic heterocycles. The summed E-state index contributed by atoms with van der Waals surface area (Å²) in [5.74, 6) is 0.772. The predicted molar refractivity (Wildman–Crippen MR) is 82.3 cm³/mol. The van der Waals surface area contributed by atoms with Gasteiger partial charge in [-0.15, -0.1) is 0 Å². The summed E-state index contributed by atoms with van der Waals surface area (Å²) in [6.45, 7) is 2.10. The molecular weight excluding hydrogens is 244 g/mol. The molecule has 0 N–H and O–H groups in total. The number of carbonyl (C=O) groups excluding carboxylic acids is 1. The molecule has 0 spiro atoms. The lowest BCUT2D eigenvalue weighted by Crippen LogP contribution is -2.15. The molecule has 1 heteroatoms. The van der Waals surface area contributed by atoms with Crippen LogP contribution in [-0.4, -0.2) is 5.78 Å². The molecule has 1 fully saturated rings. The third-order valence-corrected chi connectivity index (χ3v) is 4.39. The minimum atomic E-state index is 0.185. The van der Waals surface area contributed by atoms with E-state index in [0.717, 1.165) is 23.1 Å². The van der Waals surface area contributed by atoms with E-state index < -0.39 is 0 Å². The van der Waals surface area contributed by atoms with Crippen LogP contribution in [0.5, 0.6) is 0 Å². The number of rotatable bonds is 4. The van der Waals surface area contributed by atoms with E-state index >= 15 is 0 Å². The van der Waals surface area contributed by atoms with Crippen LogP contribution in [0.4, 0.5) is 0 Å². The second-order valence-electron chi connectivity index (χ2n) is 5.55. The predicted octanol–water partition coefficient (Wildman–Crippen LogP) is 4.75. The Morgan fingerprint density at radius 2 is 1.65 bits per heavy atom. The molecule has 0 amide bonds. The van der Waals surface area contributed by atoms with E-state index in [1.807, 2.05) is 30.3 Å². The van der Waals surface area contributed by atoms with Crippen molar-refractivity contribution in [3.05, 3.63) is 70.8 Å². The summed E-state index contributed by atoms with van der Waals surface area (Å²) in [6, 6.07) is 16.1. The lowest BCUT2D eigenvalue weighted by molar-refractivity contribution is 0.103. The lowest BCUT2D eigenvalue weighted by atomic mass is 9.77. The first-order valence-electron chi connectivity index (χ1n) is 7.52. The van der Waals surface area contributed by atoms with Gasteiger partial charge < -0.3 is 0 Å². The smallest absolute Gasteiger partial charge is 0.193 e. The molecule has 0 heterocycles. The minimum Gasteiger partial charge on any atom is -0.289 e. The van der Waals surface area contributed by atoms with Gasteiger partial charge in [0.1, 0.15) is 0 Å². The maximum absolute atomic E-state index is 12.9. The zero-order valence-electron chi connectivity index (χ0n) is 11.9. The second-order valence-corrected chi connectivity index (χ2v) is 5.55. The van der Waals surface area contributed by atoms with Gasteiger partial charge in [-0.25, -0.2) is 0 Å². The van der Waals surface area contributed by atoms with Gasteiger partial charge in [0.2, 0.25) is 0 Å². The summed E-state index contributed by atoms with van der Waals surface area (Å²) in [5.41, 5.74) is 4.15. The highest BCUT2D eigenvalue weighted by atomic mass is 16.1. The minimum absolute atomic E-state index is 0.185. The Morgan fingerprint density at radius 3 is 2.30 bits per heavy atom. The van der Waals surface area contributed by atoms with Crippen LogP contribution >= 0.6 is 0 Å². The molecule has 1 aliphatic carbocycles. The monoisotopic (exact) mass is 264 g/mol. The van der Waals surface area contributed by atoms with Crippen LogP contribution in [0.1, 0.15) is 59.2 Å². The van der Waals surface area contributed by atoms with Gasteiger partial charge in [0.05, 0.1) is 0 Å². The fourth-order valence-corrected chi connectivity index (χ4v) is 2.97. The Kier molecular flexibility index (Phi) is 3.68. The van der Waals surface area contributed by atoms with Crippen LogP contribution in [-0.2, 0) is 6.42 Å². The largest absolute Gasteiger partial charge is 0.289 e. The van der Waals surface area contributed by atoms with Gasteiger partial charge >= 0.3 is 0 Å². The van der Waals surface area contributed by atoms with Crippen molar-refractivity contribution in [3.8, 4) is 0 Å². The average Bonchev–Trinajstić information content (AvgIpc) is 2.45. The van der Waals surface area contributed by atoms with Gasteiger partial charge in [0.15, 0.2) is 5.78 Å². The van der Waals surface area contributed by atoms with E-state index in [9.17, 15) is 4.79 Å².